The van der Waals surface area contributed by atoms with Crippen LogP contribution in [0.3, 0.4) is 0 Å². The molecule has 29 heavy (non-hydrogen) atoms. The van der Waals surface area contributed by atoms with Gasteiger partial charge in [0, 0.05) is 29.8 Å². The number of aryl methyl sites for hydroxylation is 1. The topological polar surface area (TPSA) is 55.3 Å². The van der Waals surface area contributed by atoms with Crippen LogP contribution in [0.1, 0.15) is 41.6 Å². The van der Waals surface area contributed by atoms with E-state index in [0.717, 1.165) is 42.6 Å². The van der Waals surface area contributed by atoms with E-state index in [2.05, 4.69) is 23.0 Å². The zero-order chi connectivity index (χ0) is 20.2. The van der Waals surface area contributed by atoms with Gasteiger partial charge in [-0.3, -0.25) is 4.79 Å². The van der Waals surface area contributed by atoms with Gasteiger partial charge in [-0.25, -0.2) is 9.97 Å². The highest BCUT2D eigenvalue weighted by Crippen LogP contribution is 2.28. The first-order valence-corrected chi connectivity index (χ1v) is 10.9. The van der Waals surface area contributed by atoms with Crippen molar-refractivity contribution < 1.29 is 9.53 Å². The zero-order valence-corrected chi connectivity index (χ0v) is 17.6. The molecule has 150 valence electrons. The number of likely N-dealkylation sites (tertiary alicyclic amines) is 1. The Kier molecular flexibility index (Phi) is 5.90. The van der Waals surface area contributed by atoms with Gasteiger partial charge in [-0.1, -0.05) is 30.3 Å². The van der Waals surface area contributed by atoms with Crippen molar-refractivity contribution in [3.63, 3.8) is 0 Å². The van der Waals surface area contributed by atoms with E-state index in [-0.39, 0.29) is 18.1 Å². The summed E-state index contributed by atoms with van der Waals surface area (Å²) in [5.74, 6) is 0.588. The summed E-state index contributed by atoms with van der Waals surface area (Å²) in [6.45, 7) is 4.82. The lowest BCUT2D eigenvalue weighted by Crippen LogP contribution is -2.50. The van der Waals surface area contributed by atoms with Crippen LogP contribution in [0.4, 0.5) is 0 Å². The molecule has 2 aromatic heterocycles. The van der Waals surface area contributed by atoms with Crippen molar-refractivity contribution in [1.82, 2.24) is 14.9 Å². The fraction of sp³-hybridized carbons (Fsp3) is 0.348. The highest BCUT2D eigenvalue weighted by Gasteiger charge is 2.34. The van der Waals surface area contributed by atoms with Crippen LogP contribution >= 0.6 is 11.3 Å². The molecule has 5 nitrogen and oxygen atoms in total. The van der Waals surface area contributed by atoms with Gasteiger partial charge in [0.15, 0.2) is 5.01 Å². The molecule has 1 amide bonds. The molecular formula is C23H25N3O2S. The minimum absolute atomic E-state index is 0.00370. The Hall–Kier alpha value is -2.73. The molecule has 0 spiro atoms. The zero-order valence-electron chi connectivity index (χ0n) is 16.7. The molecule has 3 heterocycles. The molecule has 4 rings (SSSR count). The summed E-state index contributed by atoms with van der Waals surface area (Å²) in [6.07, 6.45) is 4.61. The maximum Gasteiger partial charge on any atom is 0.283 e. The average Bonchev–Trinajstić information content (AvgIpc) is 3.24. The van der Waals surface area contributed by atoms with E-state index in [0.29, 0.717) is 10.9 Å². The van der Waals surface area contributed by atoms with Gasteiger partial charge in [0.05, 0.1) is 11.7 Å². The molecule has 6 heteroatoms. The van der Waals surface area contributed by atoms with Crippen molar-refractivity contribution in [1.29, 1.82) is 0 Å². The Labute approximate surface area is 175 Å². The van der Waals surface area contributed by atoms with Crippen molar-refractivity contribution in [2.24, 2.45) is 0 Å². The quantitative estimate of drug-likeness (QED) is 0.599. The van der Waals surface area contributed by atoms with E-state index in [1.807, 2.05) is 53.6 Å². The van der Waals surface area contributed by atoms with E-state index in [9.17, 15) is 4.79 Å². The minimum atomic E-state index is -0.134. The van der Waals surface area contributed by atoms with Crippen LogP contribution in [-0.4, -0.2) is 39.5 Å². The Balaban J connectivity index is 1.53. The number of ether oxygens (including phenoxy) is 1. The molecule has 1 aliphatic heterocycles. The molecule has 0 bridgehead atoms. The van der Waals surface area contributed by atoms with Crippen LogP contribution in [0.2, 0.25) is 0 Å². The second kappa shape index (κ2) is 8.74. The first kappa shape index (κ1) is 19.6. The predicted octanol–water partition coefficient (Wildman–Crippen LogP) is 4.98. The number of amides is 1. The Morgan fingerprint density at radius 3 is 2.83 bits per heavy atom. The third kappa shape index (κ3) is 4.32. The molecule has 1 saturated heterocycles. The molecule has 3 aromatic rings. The second-order valence-electron chi connectivity index (χ2n) is 7.41. The van der Waals surface area contributed by atoms with Crippen LogP contribution in [0, 0.1) is 6.92 Å². The van der Waals surface area contributed by atoms with Crippen molar-refractivity contribution in [2.75, 3.05) is 6.54 Å². The van der Waals surface area contributed by atoms with Crippen LogP contribution in [-0.2, 0) is 0 Å². The summed E-state index contributed by atoms with van der Waals surface area (Å²) < 4.78 is 6.04. The standard InChI is InChI=1S/C23H25N3O2S/c1-16-9-3-4-10-18(16)19-15-29-22(25-19)23(27)26-14-8-6-11-20(26)17(2)28-21-12-5-7-13-24-21/h3-5,7,9-10,12-13,15,17,20H,6,8,11,14H2,1-2H3. The fourth-order valence-corrected chi connectivity index (χ4v) is 4.63. The van der Waals surface area contributed by atoms with E-state index in [1.54, 1.807) is 6.20 Å². The third-order valence-electron chi connectivity index (χ3n) is 5.40. The van der Waals surface area contributed by atoms with Gasteiger partial charge in [0.2, 0.25) is 5.88 Å². The number of aromatic nitrogens is 2. The number of piperidine rings is 1. The van der Waals surface area contributed by atoms with Gasteiger partial charge in [-0.2, -0.15) is 0 Å². The number of rotatable bonds is 5. The fourth-order valence-electron chi connectivity index (χ4n) is 3.86. The Morgan fingerprint density at radius 1 is 1.21 bits per heavy atom. The third-order valence-corrected chi connectivity index (χ3v) is 6.23. The molecule has 0 saturated carbocycles. The normalized spacial score (nSPS) is 17.7. The van der Waals surface area contributed by atoms with E-state index in [4.69, 9.17) is 4.74 Å². The predicted molar refractivity (Wildman–Crippen MR) is 115 cm³/mol. The van der Waals surface area contributed by atoms with E-state index in [1.165, 1.54) is 11.3 Å². The smallest absolute Gasteiger partial charge is 0.283 e. The molecule has 2 unspecified atom stereocenters. The van der Waals surface area contributed by atoms with Crippen LogP contribution in [0.5, 0.6) is 5.88 Å². The molecule has 0 radical (unpaired) electrons. The molecule has 1 aliphatic rings. The van der Waals surface area contributed by atoms with Gasteiger partial charge >= 0.3 is 0 Å². The van der Waals surface area contributed by atoms with Crippen LogP contribution in [0.25, 0.3) is 11.3 Å². The first-order valence-electron chi connectivity index (χ1n) is 10.0. The monoisotopic (exact) mass is 407 g/mol. The van der Waals surface area contributed by atoms with E-state index >= 15 is 0 Å². The van der Waals surface area contributed by atoms with Gasteiger partial charge in [-0.05, 0) is 44.7 Å². The Bertz CT molecular complexity index is 973. The summed E-state index contributed by atoms with van der Waals surface area (Å²) in [7, 11) is 0. The van der Waals surface area contributed by atoms with Crippen LogP contribution < -0.4 is 4.74 Å². The first-order chi connectivity index (χ1) is 14.1. The number of carbonyl (C=O) groups excluding carboxylic acids is 1. The number of hydrogen-bond donors (Lipinski definition) is 0. The summed E-state index contributed by atoms with van der Waals surface area (Å²) in [4.78, 5) is 24.2. The highest BCUT2D eigenvalue weighted by atomic mass is 32.1. The lowest BCUT2D eigenvalue weighted by molar-refractivity contribution is 0.0342. The van der Waals surface area contributed by atoms with Crippen molar-refractivity contribution in [2.45, 2.75) is 45.3 Å². The molecule has 1 aromatic carbocycles. The SMILES string of the molecule is Cc1ccccc1-c1csc(C(=O)N2CCCCC2C(C)Oc2ccccn2)n1. The number of pyridine rings is 1. The van der Waals surface area contributed by atoms with E-state index < -0.39 is 0 Å². The number of benzene rings is 1. The number of thiazole rings is 1. The van der Waals surface area contributed by atoms with Gasteiger partial charge in [0.1, 0.15) is 6.10 Å². The van der Waals surface area contributed by atoms with Gasteiger partial charge < -0.3 is 9.64 Å². The van der Waals surface area contributed by atoms with Crippen LogP contribution in [0.15, 0.2) is 54.0 Å². The van der Waals surface area contributed by atoms with Gasteiger partial charge in [0.25, 0.3) is 5.91 Å². The number of carbonyl (C=O) groups is 1. The number of nitrogens with zero attached hydrogens (tertiary/aromatic N) is 3. The molecular weight excluding hydrogens is 382 g/mol. The average molecular weight is 408 g/mol. The summed E-state index contributed by atoms with van der Waals surface area (Å²) >= 11 is 1.42. The summed E-state index contributed by atoms with van der Waals surface area (Å²) in [6, 6.07) is 13.8. The highest BCUT2D eigenvalue weighted by molar-refractivity contribution is 7.12. The maximum absolute atomic E-state index is 13.3. The number of hydrogen-bond acceptors (Lipinski definition) is 5. The lowest BCUT2D eigenvalue weighted by Gasteiger charge is -2.38. The van der Waals surface area contributed by atoms with Crippen molar-refractivity contribution in [3.05, 3.63) is 64.6 Å². The lowest BCUT2D eigenvalue weighted by atomic mass is 9.98. The Morgan fingerprint density at radius 2 is 2.03 bits per heavy atom. The molecule has 1 fully saturated rings. The largest absolute Gasteiger partial charge is 0.472 e. The molecule has 2 atom stereocenters. The summed E-state index contributed by atoms with van der Waals surface area (Å²) in [5.41, 5.74) is 3.10. The molecule has 0 N–H and O–H groups in total. The minimum Gasteiger partial charge on any atom is -0.472 e. The van der Waals surface area contributed by atoms with Crippen molar-refractivity contribution >= 4 is 17.2 Å². The molecule has 0 aliphatic carbocycles. The van der Waals surface area contributed by atoms with Crippen molar-refractivity contribution in [3.8, 4) is 17.1 Å². The summed E-state index contributed by atoms with van der Waals surface area (Å²) in [5, 5.41) is 2.52. The van der Waals surface area contributed by atoms with Gasteiger partial charge in [-0.15, -0.1) is 11.3 Å². The maximum atomic E-state index is 13.3. The second-order valence-corrected chi connectivity index (χ2v) is 8.26.